The Morgan fingerprint density at radius 2 is 1.66 bits per heavy atom. The number of hydrogen-bond acceptors (Lipinski definition) is 9. The molecule has 0 saturated heterocycles. The first-order valence-electron chi connectivity index (χ1n) is 8.74. The third-order valence-corrected chi connectivity index (χ3v) is 4.02. The molecule has 0 bridgehead atoms. The third-order valence-electron chi connectivity index (χ3n) is 4.02. The lowest BCUT2D eigenvalue weighted by molar-refractivity contribution is -0.384. The number of benzene rings is 2. The highest BCUT2D eigenvalue weighted by Crippen LogP contribution is 2.31. The van der Waals surface area contributed by atoms with Crippen molar-refractivity contribution in [1.29, 1.82) is 0 Å². The standard InChI is InChI=1S/C18H13F2N7O5/c19-11-3-6-14(13(20)8-11)23-17-16(27(31)32)18(22-9-21-17)25-24-15(28)7-10-1-4-12(5-2-10)26(29)30/h1-6,8-9H,7H2,(H,24,28)(H2,21,22,23,25). The molecular formula is C18H13F2N7O5. The molecule has 0 radical (unpaired) electrons. The first-order chi connectivity index (χ1) is 15.2. The summed E-state index contributed by atoms with van der Waals surface area (Å²) in [4.78, 5) is 40.3. The summed E-state index contributed by atoms with van der Waals surface area (Å²) in [7, 11) is 0. The van der Waals surface area contributed by atoms with Crippen molar-refractivity contribution in [2.24, 2.45) is 0 Å². The fourth-order valence-corrected chi connectivity index (χ4v) is 2.55. The van der Waals surface area contributed by atoms with E-state index in [1.165, 1.54) is 24.3 Å². The van der Waals surface area contributed by atoms with Gasteiger partial charge in [0.15, 0.2) is 0 Å². The average Bonchev–Trinajstić information content (AvgIpc) is 2.74. The Bertz CT molecular complexity index is 1190. The number of hydrazine groups is 1. The second-order valence-corrected chi connectivity index (χ2v) is 6.20. The molecule has 1 heterocycles. The van der Waals surface area contributed by atoms with E-state index in [4.69, 9.17) is 0 Å². The fourth-order valence-electron chi connectivity index (χ4n) is 2.55. The third kappa shape index (κ3) is 5.24. The Kier molecular flexibility index (Phi) is 6.43. The minimum atomic E-state index is -0.996. The molecular weight excluding hydrogens is 432 g/mol. The van der Waals surface area contributed by atoms with Gasteiger partial charge in [-0.3, -0.25) is 35.9 Å². The highest BCUT2D eigenvalue weighted by molar-refractivity contribution is 5.81. The van der Waals surface area contributed by atoms with E-state index in [0.717, 1.165) is 18.5 Å². The van der Waals surface area contributed by atoms with E-state index in [1.54, 1.807) is 0 Å². The van der Waals surface area contributed by atoms with Crippen LogP contribution in [0.5, 0.6) is 0 Å². The van der Waals surface area contributed by atoms with Gasteiger partial charge in [0, 0.05) is 18.2 Å². The maximum absolute atomic E-state index is 13.9. The van der Waals surface area contributed by atoms with Crippen LogP contribution in [0.25, 0.3) is 0 Å². The zero-order valence-corrected chi connectivity index (χ0v) is 15.9. The van der Waals surface area contributed by atoms with Crippen molar-refractivity contribution < 1.29 is 23.4 Å². The van der Waals surface area contributed by atoms with Gasteiger partial charge in [-0.1, -0.05) is 12.1 Å². The number of hydrogen-bond donors (Lipinski definition) is 3. The number of nitro groups is 2. The van der Waals surface area contributed by atoms with Gasteiger partial charge in [0.05, 0.1) is 22.0 Å². The van der Waals surface area contributed by atoms with E-state index in [2.05, 4.69) is 26.1 Å². The van der Waals surface area contributed by atoms with Crippen molar-refractivity contribution in [3.8, 4) is 0 Å². The molecule has 164 valence electrons. The molecule has 0 aliphatic carbocycles. The van der Waals surface area contributed by atoms with Gasteiger partial charge in [-0.05, 0) is 17.7 Å². The van der Waals surface area contributed by atoms with Crippen LogP contribution in [0.2, 0.25) is 0 Å². The number of nitrogens with zero attached hydrogens (tertiary/aromatic N) is 4. The van der Waals surface area contributed by atoms with Crippen LogP contribution in [-0.2, 0) is 11.2 Å². The average molecular weight is 445 g/mol. The largest absolute Gasteiger partial charge is 0.355 e. The summed E-state index contributed by atoms with van der Waals surface area (Å²) in [6, 6.07) is 7.84. The molecule has 0 atom stereocenters. The van der Waals surface area contributed by atoms with E-state index < -0.39 is 44.7 Å². The number of aromatic nitrogens is 2. The van der Waals surface area contributed by atoms with E-state index in [1.807, 2.05) is 0 Å². The van der Waals surface area contributed by atoms with Crippen LogP contribution < -0.4 is 16.2 Å². The van der Waals surface area contributed by atoms with Crippen molar-refractivity contribution in [3.05, 3.63) is 86.2 Å². The minimum Gasteiger partial charge on any atom is -0.332 e. The van der Waals surface area contributed by atoms with Crippen LogP contribution in [0.3, 0.4) is 0 Å². The topological polar surface area (TPSA) is 165 Å². The van der Waals surface area contributed by atoms with Crippen LogP contribution in [0.1, 0.15) is 5.56 Å². The van der Waals surface area contributed by atoms with Gasteiger partial charge in [-0.25, -0.2) is 18.7 Å². The van der Waals surface area contributed by atoms with E-state index in [9.17, 15) is 33.8 Å². The number of carbonyl (C=O) groups is 1. The van der Waals surface area contributed by atoms with Crippen LogP contribution in [-0.4, -0.2) is 25.7 Å². The van der Waals surface area contributed by atoms with Crippen molar-refractivity contribution in [3.63, 3.8) is 0 Å². The minimum absolute atomic E-state index is 0.137. The summed E-state index contributed by atoms with van der Waals surface area (Å²) in [5, 5.41) is 24.6. The first-order valence-corrected chi connectivity index (χ1v) is 8.74. The van der Waals surface area contributed by atoms with Gasteiger partial charge >= 0.3 is 5.69 Å². The number of halogens is 2. The summed E-state index contributed by atoms with van der Waals surface area (Å²) in [5.41, 5.74) is 3.88. The highest BCUT2D eigenvalue weighted by Gasteiger charge is 2.24. The number of nitro benzene ring substituents is 1. The van der Waals surface area contributed by atoms with Crippen molar-refractivity contribution in [1.82, 2.24) is 15.4 Å². The van der Waals surface area contributed by atoms with E-state index >= 15 is 0 Å². The molecule has 0 fully saturated rings. The molecule has 2 aromatic carbocycles. The van der Waals surface area contributed by atoms with Gasteiger partial charge in [-0.15, -0.1) is 0 Å². The van der Waals surface area contributed by atoms with Crippen LogP contribution in [0.4, 0.5) is 37.5 Å². The Hall–Kier alpha value is -4.75. The normalized spacial score (nSPS) is 10.3. The lowest BCUT2D eigenvalue weighted by Crippen LogP contribution is -2.31. The molecule has 0 aliphatic rings. The summed E-state index contributed by atoms with van der Waals surface area (Å²) in [6.45, 7) is 0. The molecule has 0 spiro atoms. The zero-order chi connectivity index (χ0) is 23.3. The van der Waals surface area contributed by atoms with Crippen molar-refractivity contribution in [2.75, 3.05) is 10.7 Å². The second-order valence-electron chi connectivity index (χ2n) is 6.20. The molecule has 0 aliphatic heterocycles. The summed E-state index contributed by atoms with van der Waals surface area (Å²) < 4.78 is 26.9. The Labute approximate surface area is 177 Å². The Morgan fingerprint density at radius 3 is 2.28 bits per heavy atom. The Morgan fingerprint density at radius 1 is 0.969 bits per heavy atom. The second kappa shape index (κ2) is 9.38. The van der Waals surface area contributed by atoms with Crippen molar-refractivity contribution >= 4 is 34.6 Å². The maximum atomic E-state index is 13.9. The molecule has 3 aromatic rings. The molecule has 1 amide bonds. The number of nitrogens with one attached hydrogen (secondary N) is 3. The molecule has 1 aromatic heterocycles. The zero-order valence-electron chi connectivity index (χ0n) is 15.9. The monoisotopic (exact) mass is 445 g/mol. The van der Waals surface area contributed by atoms with E-state index in [-0.39, 0.29) is 17.8 Å². The number of carbonyl (C=O) groups excluding carboxylic acids is 1. The molecule has 0 unspecified atom stereocenters. The molecule has 0 saturated carbocycles. The highest BCUT2D eigenvalue weighted by atomic mass is 19.1. The smallest absolute Gasteiger partial charge is 0.332 e. The molecule has 12 nitrogen and oxygen atoms in total. The van der Waals surface area contributed by atoms with E-state index in [0.29, 0.717) is 11.6 Å². The molecule has 3 N–H and O–H groups in total. The number of anilines is 3. The Balaban J connectivity index is 1.73. The van der Waals surface area contributed by atoms with Gasteiger partial charge in [-0.2, -0.15) is 0 Å². The van der Waals surface area contributed by atoms with Gasteiger partial charge in [0.2, 0.25) is 17.5 Å². The first kappa shape index (κ1) is 21.9. The molecule has 14 heteroatoms. The van der Waals surface area contributed by atoms with Crippen molar-refractivity contribution in [2.45, 2.75) is 6.42 Å². The summed E-state index contributed by atoms with van der Waals surface area (Å²) in [5.74, 6) is -3.24. The molecule has 32 heavy (non-hydrogen) atoms. The van der Waals surface area contributed by atoms with Gasteiger partial charge in [0.1, 0.15) is 18.0 Å². The molecule has 3 rings (SSSR count). The van der Waals surface area contributed by atoms with Crippen LogP contribution in [0.15, 0.2) is 48.8 Å². The van der Waals surface area contributed by atoms with Gasteiger partial charge < -0.3 is 5.32 Å². The number of non-ortho nitro benzene ring substituents is 1. The van der Waals surface area contributed by atoms with Crippen LogP contribution in [0, 0.1) is 31.9 Å². The predicted molar refractivity (Wildman–Crippen MR) is 107 cm³/mol. The quantitative estimate of drug-likeness (QED) is 0.349. The SMILES string of the molecule is O=C(Cc1ccc([N+](=O)[O-])cc1)NNc1ncnc(Nc2ccc(F)cc2F)c1[N+](=O)[O-]. The summed E-state index contributed by atoms with van der Waals surface area (Å²) >= 11 is 0. The lowest BCUT2D eigenvalue weighted by atomic mass is 10.1. The maximum Gasteiger partial charge on any atom is 0.355 e. The fraction of sp³-hybridized carbons (Fsp3) is 0.0556. The number of amides is 1. The lowest BCUT2D eigenvalue weighted by Gasteiger charge is -2.11. The predicted octanol–water partition coefficient (Wildman–Crippen LogP) is 3.00. The van der Waals surface area contributed by atoms with Gasteiger partial charge in [0.25, 0.3) is 5.69 Å². The summed E-state index contributed by atoms with van der Waals surface area (Å²) in [6.07, 6.45) is 0.747. The van der Waals surface area contributed by atoms with Crippen LogP contribution >= 0.6 is 0 Å². The number of rotatable bonds is 8.